The molecule has 1 aromatic carbocycles. The molecule has 0 bridgehead atoms. The van der Waals surface area contributed by atoms with Crippen LogP contribution in [0, 0.1) is 0 Å². The largest absolute Gasteiger partial charge is 0.439 e. The Kier molecular flexibility index (Phi) is 2.75. The molecule has 0 aliphatic carbocycles. The number of nitrogens with two attached hydrogens (primary N) is 1. The predicted octanol–water partition coefficient (Wildman–Crippen LogP) is 0.619. The van der Waals surface area contributed by atoms with E-state index in [1.54, 1.807) is 6.07 Å². The van der Waals surface area contributed by atoms with Crippen LogP contribution >= 0.6 is 0 Å². The molecule has 1 aromatic heterocycles. The molecule has 7 heteroatoms. The van der Waals surface area contributed by atoms with E-state index in [1.165, 1.54) is 0 Å². The molecule has 3 heterocycles. The fourth-order valence-electron chi connectivity index (χ4n) is 3.06. The van der Waals surface area contributed by atoms with E-state index in [0.29, 0.717) is 18.1 Å². The van der Waals surface area contributed by atoms with Gasteiger partial charge in [0.05, 0.1) is 12.6 Å². The zero-order valence-corrected chi connectivity index (χ0v) is 11.6. The van der Waals surface area contributed by atoms with Crippen LogP contribution in [0.2, 0.25) is 0 Å². The second-order valence-electron chi connectivity index (χ2n) is 5.60. The van der Waals surface area contributed by atoms with Crippen molar-refractivity contribution in [2.45, 2.75) is 12.6 Å². The molecule has 2 saturated heterocycles. The standard InChI is InChI=1S/C14H17N5O2/c15-9-1-2-11-12(5-9)21-13(17-11)8-18-3-4-19-10(7-18)6-16-14(19)20/h1-2,5,10H,3-4,6-8,15H2,(H,16,20). The quantitative estimate of drug-likeness (QED) is 0.791. The average Bonchev–Trinajstić information content (AvgIpc) is 3.02. The molecule has 2 aliphatic heterocycles. The zero-order chi connectivity index (χ0) is 14.4. The molecule has 7 nitrogen and oxygen atoms in total. The van der Waals surface area contributed by atoms with Gasteiger partial charge in [0.15, 0.2) is 5.58 Å². The fourth-order valence-corrected chi connectivity index (χ4v) is 3.06. The Balaban J connectivity index is 1.49. The number of carbonyl (C=O) groups is 1. The molecule has 0 radical (unpaired) electrons. The number of anilines is 1. The Hall–Kier alpha value is -2.28. The van der Waals surface area contributed by atoms with Gasteiger partial charge in [0, 0.05) is 37.9 Å². The van der Waals surface area contributed by atoms with E-state index < -0.39 is 0 Å². The minimum atomic E-state index is 0.0528. The first kappa shape index (κ1) is 12.5. The van der Waals surface area contributed by atoms with Crippen molar-refractivity contribution in [1.29, 1.82) is 0 Å². The molecule has 2 amide bonds. The molecular formula is C14H17N5O2. The maximum absolute atomic E-state index is 11.6. The summed E-state index contributed by atoms with van der Waals surface area (Å²) in [5, 5.41) is 2.88. The third-order valence-corrected chi connectivity index (χ3v) is 4.13. The average molecular weight is 287 g/mol. The lowest BCUT2D eigenvalue weighted by molar-refractivity contribution is 0.110. The number of fused-ring (bicyclic) bond motifs is 2. The van der Waals surface area contributed by atoms with Gasteiger partial charge in [-0.3, -0.25) is 4.90 Å². The van der Waals surface area contributed by atoms with Crippen molar-refractivity contribution in [1.82, 2.24) is 20.1 Å². The molecular weight excluding hydrogens is 270 g/mol. The molecule has 4 rings (SSSR count). The Bertz CT molecular complexity index is 698. The Morgan fingerprint density at radius 1 is 1.43 bits per heavy atom. The molecule has 110 valence electrons. The van der Waals surface area contributed by atoms with Crippen LogP contribution in [0.4, 0.5) is 10.5 Å². The lowest BCUT2D eigenvalue weighted by atomic mass is 10.2. The highest BCUT2D eigenvalue weighted by Gasteiger charge is 2.35. The number of benzene rings is 1. The number of amides is 2. The summed E-state index contributed by atoms with van der Waals surface area (Å²) in [6.07, 6.45) is 0. The summed E-state index contributed by atoms with van der Waals surface area (Å²) in [7, 11) is 0. The maximum atomic E-state index is 11.6. The molecule has 0 spiro atoms. The van der Waals surface area contributed by atoms with Gasteiger partial charge >= 0.3 is 6.03 Å². The van der Waals surface area contributed by atoms with E-state index in [9.17, 15) is 4.79 Å². The van der Waals surface area contributed by atoms with Crippen LogP contribution in [0.15, 0.2) is 22.6 Å². The summed E-state index contributed by atoms with van der Waals surface area (Å²) in [5.74, 6) is 0.696. The predicted molar refractivity (Wildman–Crippen MR) is 77.6 cm³/mol. The third kappa shape index (κ3) is 2.19. The highest BCUT2D eigenvalue weighted by Crippen LogP contribution is 2.21. The number of aromatic nitrogens is 1. The SMILES string of the molecule is Nc1ccc2nc(CN3CCN4C(=O)NCC4C3)oc2c1. The molecule has 0 saturated carbocycles. The topological polar surface area (TPSA) is 87.6 Å². The molecule has 1 atom stereocenters. The number of nitrogens with zero attached hydrogens (tertiary/aromatic N) is 3. The van der Waals surface area contributed by atoms with Crippen molar-refractivity contribution < 1.29 is 9.21 Å². The number of hydrogen-bond donors (Lipinski definition) is 2. The number of oxazole rings is 1. The van der Waals surface area contributed by atoms with Gasteiger partial charge in [0.1, 0.15) is 5.52 Å². The first-order chi connectivity index (χ1) is 10.2. The number of carbonyl (C=O) groups excluding carboxylic acids is 1. The highest BCUT2D eigenvalue weighted by molar-refractivity contribution is 5.77. The van der Waals surface area contributed by atoms with Gasteiger partial charge in [-0.1, -0.05) is 0 Å². The van der Waals surface area contributed by atoms with Crippen molar-refractivity contribution in [3.8, 4) is 0 Å². The Morgan fingerprint density at radius 2 is 2.33 bits per heavy atom. The summed E-state index contributed by atoms with van der Waals surface area (Å²) in [6, 6.07) is 5.80. The summed E-state index contributed by atoms with van der Waals surface area (Å²) in [6.45, 7) is 3.82. The van der Waals surface area contributed by atoms with Gasteiger partial charge in [-0.25, -0.2) is 9.78 Å². The first-order valence-electron chi connectivity index (χ1n) is 7.11. The number of nitrogen functional groups attached to an aromatic ring is 1. The number of nitrogens with one attached hydrogen (secondary N) is 1. The summed E-state index contributed by atoms with van der Waals surface area (Å²) in [4.78, 5) is 20.2. The van der Waals surface area contributed by atoms with Crippen molar-refractivity contribution in [3.63, 3.8) is 0 Å². The van der Waals surface area contributed by atoms with Gasteiger partial charge in [-0.15, -0.1) is 0 Å². The molecule has 2 aromatic rings. The lowest BCUT2D eigenvalue weighted by Gasteiger charge is -2.35. The molecule has 3 N–H and O–H groups in total. The summed E-state index contributed by atoms with van der Waals surface area (Å²) < 4.78 is 5.76. The Labute approximate surface area is 121 Å². The number of hydrogen-bond acceptors (Lipinski definition) is 5. The van der Waals surface area contributed by atoms with E-state index in [1.807, 2.05) is 17.0 Å². The number of rotatable bonds is 2. The third-order valence-electron chi connectivity index (χ3n) is 4.13. The van der Waals surface area contributed by atoms with Crippen LogP contribution in [-0.2, 0) is 6.54 Å². The monoisotopic (exact) mass is 287 g/mol. The molecule has 2 aliphatic rings. The molecule has 21 heavy (non-hydrogen) atoms. The lowest BCUT2D eigenvalue weighted by Crippen LogP contribution is -2.51. The van der Waals surface area contributed by atoms with Crippen molar-refractivity contribution in [3.05, 3.63) is 24.1 Å². The first-order valence-corrected chi connectivity index (χ1v) is 7.11. The van der Waals surface area contributed by atoms with Crippen molar-refractivity contribution >= 4 is 22.8 Å². The van der Waals surface area contributed by atoms with Crippen LogP contribution in [0.1, 0.15) is 5.89 Å². The van der Waals surface area contributed by atoms with Gasteiger partial charge in [-0.05, 0) is 12.1 Å². The second kappa shape index (κ2) is 4.63. The van der Waals surface area contributed by atoms with E-state index in [-0.39, 0.29) is 12.1 Å². The second-order valence-corrected chi connectivity index (χ2v) is 5.60. The fraction of sp³-hybridized carbons (Fsp3) is 0.429. The van der Waals surface area contributed by atoms with Gasteiger partial charge in [-0.2, -0.15) is 0 Å². The minimum Gasteiger partial charge on any atom is -0.439 e. The normalized spacial score (nSPS) is 22.6. The van der Waals surface area contributed by atoms with Crippen LogP contribution in [0.5, 0.6) is 0 Å². The van der Waals surface area contributed by atoms with E-state index in [2.05, 4.69) is 15.2 Å². The Morgan fingerprint density at radius 3 is 3.24 bits per heavy atom. The smallest absolute Gasteiger partial charge is 0.317 e. The van der Waals surface area contributed by atoms with E-state index in [0.717, 1.165) is 37.3 Å². The van der Waals surface area contributed by atoms with Crippen LogP contribution in [0.25, 0.3) is 11.1 Å². The van der Waals surface area contributed by atoms with Gasteiger partial charge in [0.2, 0.25) is 5.89 Å². The summed E-state index contributed by atoms with van der Waals surface area (Å²) in [5.41, 5.74) is 7.97. The molecule has 2 fully saturated rings. The summed E-state index contributed by atoms with van der Waals surface area (Å²) >= 11 is 0. The minimum absolute atomic E-state index is 0.0528. The maximum Gasteiger partial charge on any atom is 0.317 e. The van der Waals surface area contributed by atoms with Gasteiger partial charge < -0.3 is 20.4 Å². The van der Waals surface area contributed by atoms with Crippen molar-refractivity contribution in [2.75, 3.05) is 31.9 Å². The number of urea groups is 1. The van der Waals surface area contributed by atoms with E-state index >= 15 is 0 Å². The highest BCUT2D eigenvalue weighted by atomic mass is 16.3. The zero-order valence-electron chi connectivity index (χ0n) is 11.6. The van der Waals surface area contributed by atoms with Crippen LogP contribution < -0.4 is 11.1 Å². The molecule has 1 unspecified atom stereocenters. The van der Waals surface area contributed by atoms with Crippen LogP contribution in [-0.4, -0.2) is 53.0 Å². The number of piperazine rings is 1. The van der Waals surface area contributed by atoms with Crippen LogP contribution in [0.3, 0.4) is 0 Å². The van der Waals surface area contributed by atoms with Gasteiger partial charge in [0.25, 0.3) is 0 Å². The van der Waals surface area contributed by atoms with Crippen molar-refractivity contribution in [2.24, 2.45) is 0 Å². The van der Waals surface area contributed by atoms with E-state index in [4.69, 9.17) is 10.2 Å².